The van der Waals surface area contributed by atoms with Crippen LogP contribution in [0, 0.1) is 0 Å². The Hall–Kier alpha value is -1.11. The van der Waals surface area contributed by atoms with Crippen molar-refractivity contribution in [2.24, 2.45) is 0 Å². The minimum Gasteiger partial charge on any atom is -0.371 e. The van der Waals surface area contributed by atoms with Crippen LogP contribution in [0.25, 0.3) is 0 Å². The lowest BCUT2D eigenvalue weighted by atomic mass is 10.0. The zero-order chi connectivity index (χ0) is 14.4. The molecule has 20 heavy (non-hydrogen) atoms. The SMILES string of the molecule is FC(F)(F)COCCN1CCNC(c2ccccc2)C1. The van der Waals surface area contributed by atoms with E-state index in [0.717, 1.165) is 19.6 Å². The van der Waals surface area contributed by atoms with E-state index in [0.29, 0.717) is 6.54 Å². The molecule has 112 valence electrons. The second-order valence-corrected chi connectivity index (χ2v) is 4.89. The van der Waals surface area contributed by atoms with Crippen LogP contribution >= 0.6 is 0 Å². The molecule has 1 aliphatic heterocycles. The first-order valence-electron chi connectivity index (χ1n) is 6.70. The lowest BCUT2D eigenvalue weighted by molar-refractivity contribution is -0.174. The van der Waals surface area contributed by atoms with Gasteiger partial charge in [0.2, 0.25) is 0 Å². The molecule has 6 heteroatoms. The molecule has 0 saturated carbocycles. The van der Waals surface area contributed by atoms with Crippen LogP contribution in [0.1, 0.15) is 11.6 Å². The van der Waals surface area contributed by atoms with Gasteiger partial charge in [-0.15, -0.1) is 0 Å². The van der Waals surface area contributed by atoms with E-state index in [1.54, 1.807) is 0 Å². The number of nitrogens with zero attached hydrogens (tertiary/aromatic N) is 1. The number of hydrogen-bond donors (Lipinski definition) is 1. The molecule has 0 aromatic heterocycles. The van der Waals surface area contributed by atoms with Crippen molar-refractivity contribution in [1.82, 2.24) is 10.2 Å². The van der Waals surface area contributed by atoms with Gasteiger partial charge in [-0.2, -0.15) is 13.2 Å². The third kappa shape index (κ3) is 5.11. The Labute approximate surface area is 116 Å². The van der Waals surface area contributed by atoms with Crippen LogP contribution in [0.5, 0.6) is 0 Å². The smallest absolute Gasteiger partial charge is 0.371 e. The van der Waals surface area contributed by atoms with Crippen LogP contribution < -0.4 is 5.32 Å². The third-order valence-corrected chi connectivity index (χ3v) is 3.28. The summed E-state index contributed by atoms with van der Waals surface area (Å²) in [6.07, 6.45) is -4.24. The molecule has 1 saturated heterocycles. The number of rotatable bonds is 5. The first kappa shape index (κ1) is 15.3. The van der Waals surface area contributed by atoms with Crippen molar-refractivity contribution < 1.29 is 17.9 Å². The number of piperazine rings is 1. The predicted octanol–water partition coefficient (Wildman–Crippen LogP) is 2.21. The standard InChI is InChI=1S/C14H19F3N2O/c15-14(16,17)11-20-9-8-19-7-6-18-13(10-19)12-4-2-1-3-5-12/h1-5,13,18H,6-11H2. The molecule has 1 aromatic carbocycles. The van der Waals surface area contributed by atoms with Crippen LogP contribution in [-0.2, 0) is 4.74 Å². The van der Waals surface area contributed by atoms with Gasteiger partial charge in [-0.05, 0) is 5.56 Å². The highest BCUT2D eigenvalue weighted by Crippen LogP contribution is 2.17. The highest BCUT2D eigenvalue weighted by Gasteiger charge is 2.27. The second kappa shape index (κ2) is 7.06. The lowest BCUT2D eigenvalue weighted by Crippen LogP contribution is -2.46. The van der Waals surface area contributed by atoms with Gasteiger partial charge in [0, 0.05) is 32.2 Å². The van der Waals surface area contributed by atoms with Crippen LogP contribution in [0.2, 0.25) is 0 Å². The molecule has 1 aliphatic rings. The molecule has 0 aliphatic carbocycles. The minimum absolute atomic E-state index is 0.112. The van der Waals surface area contributed by atoms with E-state index >= 15 is 0 Å². The van der Waals surface area contributed by atoms with E-state index in [4.69, 9.17) is 0 Å². The maximum atomic E-state index is 12.0. The van der Waals surface area contributed by atoms with E-state index in [2.05, 4.69) is 27.1 Å². The van der Waals surface area contributed by atoms with Gasteiger partial charge in [-0.1, -0.05) is 30.3 Å². The summed E-state index contributed by atoms with van der Waals surface area (Å²) < 4.78 is 40.5. The Kier molecular flexibility index (Phi) is 5.39. The zero-order valence-corrected chi connectivity index (χ0v) is 11.2. The van der Waals surface area contributed by atoms with Crippen LogP contribution in [0.15, 0.2) is 30.3 Å². The summed E-state index contributed by atoms with van der Waals surface area (Å²) in [6.45, 7) is 1.93. The largest absolute Gasteiger partial charge is 0.411 e. The Balaban J connectivity index is 1.74. The number of halogens is 3. The molecule has 1 heterocycles. The number of ether oxygens (including phenoxy) is 1. The van der Waals surface area contributed by atoms with Crippen LogP contribution in [0.3, 0.4) is 0 Å². The van der Waals surface area contributed by atoms with E-state index < -0.39 is 12.8 Å². The van der Waals surface area contributed by atoms with Gasteiger partial charge in [-0.3, -0.25) is 4.90 Å². The van der Waals surface area contributed by atoms with Crippen molar-refractivity contribution in [3.63, 3.8) is 0 Å². The molecular formula is C14H19F3N2O. The zero-order valence-electron chi connectivity index (χ0n) is 11.2. The molecule has 1 N–H and O–H groups in total. The highest BCUT2D eigenvalue weighted by atomic mass is 19.4. The molecule has 1 unspecified atom stereocenters. The summed E-state index contributed by atoms with van der Waals surface area (Å²) in [5, 5.41) is 3.42. The van der Waals surface area contributed by atoms with Crippen molar-refractivity contribution in [2.75, 3.05) is 39.4 Å². The van der Waals surface area contributed by atoms with Gasteiger partial charge in [0.1, 0.15) is 6.61 Å². The molecule has 0 spiro atoms. The average Bonchev–Trinajstić information content (AvgIpc) is 2.44. The van der Waals surface area contributed by atoms with E-state index in [1.807, 2.05) is 18.2 Å². The molecule has 0 radical (unpaired) electrons. The molecule has 3 nitrogen and oxygen atoms in total. The van der Waals surface area contributed by atoms with Gasteiger partial charge < -0.3 is 10.1 Å². The van der Waals surface area contributed by atoms with Gasteiger partial charge >= 0.3 is 6.18 Å². The maximum Gasteiger partial charge on any atom is 0.411 e. The molecule has 0 bridgehead atoms. The van der Waals surface area contributed by atoms with E-state index in [-0.39, 0.29) is 12.6 Å². The van der Waals surface area contributed by atoms with Crippen molar-refractivity contribution in [2.45, 2.75) is 12.2 Å². The third-order valence-electron chi connectivity index (χ3n) is 3.28. The summed E-state index contributed by atoms with van der Waals surface area (Å²) >= 11 is 0. The Bertz CT molecular complexity index is 397. The van der Waals surface area contributed by atoms with Gasteiger partial charge in [0.05, 0.1) is 6.61 Å². The summed E-state index contributed by atoms with van der Waals surface area (Å²) in [7, 11) is 0. The number of alkyl halides is 3. The van der Waals surface area contributed by atoms with Crippen molar-refractivity contribution in [1.29, 1.82) is 0 Å². The maximum absolute atomic E-state index is 12.0. The minimum atomic E-state index is -4.24. The summed E-state index contributed by atoms with van der Waals surface area (Å²) in [4.78, 5) is 2.13. The second-order valence-electron chi connectivity index (χ2n) is 4.89. The Morgan fingerprint density at radius 2 is 2.00 bits per heavy atom. The lowest BCUT2D eigenvalue weighted by Gasteiger charge is -2.33. The number of benzene rings is 1. The molecule has 1 fully saturated rings. The Morgan fingerprint density at radius 3 is 2.70 bits per heavy atom. The molecule has 1 aromatic rings. The first-order valence-corrected chi connectivity index (χ1v) is 6.70. The Morgan fingerprint density at radius 1 is 1.25 bits per heavy atom. The first-order chi connectivity index (χ1) is 9.54. The summed E-state index contributed by atoms with van der Waals surface area (Å²) in [6, 6.07) is 10.3. The van der Waals surface area contributed by atoms with Crippen LogP contribution in [0.4, 0.5) is 13.2 Å². The van der Waals surface area contributed by atoms with E-state index in [1.165, 1.54) is 5.56 Å². The van der Waals surface area contributed by atoms with Gasteiger partial charge in [0.25, 0.3) is 0 Å². The highest BCUT2D eigenvalue weighted by molar-refractivity contribution is 5.19. The number of hydrogen-bond acceptors (Lipinski definition) is 3. The predicted molar refractivity (Wildman–Crippen MR) is 70.5 cm³/mol. The van der Waals surface area contributed by atoms with Crippen molar-refractivity contribution in [3.8, 4) is 0 Å². The van der Waals surface area contributed by atoms with Gasteiger partial charge in [0.15, 0.2) is 0 Å². The topological polar surface area (TPSA) is 24.5 Å². The van der Waals surface area contributed by atoms with Crippen LogP contribution in [-0.4, -0.2) is 50.5 Å². The number of nitrogens with one attached hydrogen (secondary N) is 1. The molecule has 0 amide bonds. The van der Waals surface area contributed by atoms with Crippen molar-refractivity contribution >= 4 is 0 Å². The fourth-order valence-corrected chi connectivity index (χ4v) is 2.30. The fraction of sp³-hybridized carbons (Fsp3) is 0.571. The quantitative estimate of drug-likeness (QED) is 0.841. The summed E-state index contributed by atoms with van der Waals surface area (Å²) in [5.74, 6) is 0. The monoisotopic (exact) mass is 288 g/mol. The van der Waals surface area contributed by atoms with E-state index in [9.17, 15) is 13.2 Å². The average molecular weight is 288 g/mol. The van der Waals surface area contributed by atoms with Gasteiger partial charge in [-0.25, -0.2) is 0 Å². The van der Waals surface area contributed by atoms with Crippen molar-refractivity contribution in [3.05, 3.63) is 35.9 Å². The molecular weight excluding hydrogens is 269 g/mol. The normalized spacial score (nSPS) is 21.1. The summed E-state index contributed by atoms with van der Waals surface area (Å²) in [5.41, 5.74) is 1.20. The fourth-order valence-electron chi connectivity index (χ4n) is 2.30. The molecule has 2 rings (SSSR count). The molecule has 1 atom stereocenters.